The van der Waals surface area contributed by atoms with Crippen molar-refractivity contribution in [2.75, 3.05) is 31.1 Å². The van der Waals surface area contributed by atoms with Crippen molar-refractivity contribution in [2.24, 2.45) is 0 Å². The molecule has 1 fully saturated rings. The zero-order valence-electron chi connectivity index (χ0n) is 13.5. The van der Waals surface area contributed by atoms with E-state index in [0.29, 0.717) is 44.6 Å². The number of carbonyl (C=O) groups is 1. The Bertz CT molecular complexity index is 712. The number of hydrogen-bond donors (Lipinski definition) is 1. The number of phenols is 1. The maximum atomic E-state index is 13.6. The zero-order valence-corrected chi connectivity index (χ0v) is 13.5. The molecular formula is C19H21FN2O2. The Morgan fingerprint density at radius 1 is 1.00 bits per heavy atom. The summed E-state index contributed by atoms with van der Waals surface area (Å²) in [5.41, 5.74) is 1.38. The number of anilines is 1. The lowest BCUT2D eigenvalue weighted by molar-refractivity contribution is -0.131. The van der Waals surface area contributed by atoms with Crippen molar-refractivity contribution >= 4 is 11.6 Å². The molecule has 1 aliphatic rings. The molecule has 1 amide bonds. The number of nitrogens with zero attached hydrogens (tertiary/aromatic N) is 2. The summed E-state index contributed by atoms with van der Waals surface area (Å²) in [6.07, 6.45) is 0.739. The molecular weight excluding hydrogens is 307 g/mol. The van der Waals surface area contributed by atoms with Gasteiger partial charge >= 0.3 is 0 Å². The van der Waals surface area contributed by atoms with Gasteiger partial charge < -0.3 is 14.9 Å². The van der Waals surface area contributed by atoms with Crippen LogP contribution in [-0.2, 0) is 11.2 Å². The van der Waals surface area contributed by atoms with Crippen LogP contribution in [0.15, 0.2) is 48.5 Å². The van der Waals surface area contributed by atoms with E-state index in [4.69, 9.17) is 0 Å². The van der Waals surface area contributed by atoms with Crippen LogP contribution < -0.4 is 4.90 Å². The fourth-order valence-electron chi connectivity index (χ4n) is 3.03. The number of amides is 1. The number of aryl methyl sites for hydroxylation is 1. The third-order valence-electron chi connectivity index (χ3n) is 4.42. The molecule has 24 heavy (non-hydrogen) atoms. The van der Waals surface area contributed by atoms with E-state index in [1.165, 1.54) is 6.07 Å². The van der Waals surface area contributed by atoms with E-state index in [1.807, 2.05) is 17.0 Å². The summed E-state index contributed by atoms with van der Waals surface area (Å²) < 4.78 is 13.6. The molecule has 1 aliphatic heterocycles. The highest BCUT2D eigenvalue weighted by molar-refractivity contribution is 5.77. The molecule has 4 nitrogen and oxygen atoms in total. The molecule has 0 saturated carbocycles. The first-order valence-electron chi connectivity index (χ1n) is 8.19. The van der Waals surface area contributed by atoms with Crippen molar-refractivity contribution in [1.82, 2.24) is 4.90 Å². The first kappa shape index (κ1) is 16.3. The van der Waals surface area contributed by atoms with Gasteiger partial charge in [0.25, 0.3) is 0 Å². The standard InChI is InChI=1S/C19H21FN2O2/c20-16-6-2-1-5-15(16)9-10-19(24)22-13-11-21(12-14-22)17-7-3-4-8-18(17)23/h1-8,23H,9-14H2. The summed E-state index contributed by atoms with van der Waals surface area (Å²) in [7, 11) is 0. The Morgan fingerprint density at radius 3 is 2.38 bits per heavy atom. The number of rotatable bonds is 4. The maximum absolute atomic E-state index is 13.6. The quantitative estimate of drug-likeness (QED) is 0.938. The average Bonchev–Trinajstić information content (AvgIpc) is 2.61. The largest absolute Gasteiger partial charge is 0.506 e. The van der Waals surface area contributed by atoms with E-state index >= 15 is 0 Å². The van der Waals surface area contributed by atoms with Crippen molar-refractivity contribution in [3.8, 4) is 5.75 Å². The van der Waals surface area contributed by atoms with Gasteiger partial charge in [-0.25, -0.2) is 4.39 Å². The van der Waals surface area contributed by atoms with Crippen molar-refractivity contribution in [2.45, 2.75) is 12.8 Å². The van der Waals surface area contributed by atoms with E-state index in [1.54, 1.807) is 30.3 Å². The van der Waals surface area contributed by atoms with Gasteiger partial charge in [-0.1, -0.05) is 30.3 Å². The molecule has 0 aromatic heterocycles. The number of hydrogen-bond acceptors (Lipinski definition) is 3. The van der Waals surface area contributed by atoms with Crippen LogP contribution in [0.5, 0.6) is 5.75 Å². The van der Waals surface area contributed by atoms with Gasteiger partial charge in [-0.15, -0.1) is 0 Å². The predicted molar refractivity (Wildman–Crippen MR) is 91.6 cm³/mol. The van der Waals surface area contributed by atoms with Gasteiger partial charge in [-0.3, -0.25) is 4.79 Å². The third kappa shape index (κ3) is 3.67. The molecule has 0 atom stereocenters. The molecule has 1 heterocycles. The number of halogens is 1. The number of benzene rings is 2. The summed E-state index contributed by atoms with van der Waals surface area (Å²) in [6.45, 7) is 2.60. The Kier molecular flexibility index (Phi) is 4.99. The molecule has 0 radical (unpaired) electrons. The van der Waals surface area contributed by atoms with Crippen LogP contribution in [0.1, 0.15) is 12.0 Å². The number of carbonyl (C=O) groups excluding carboxylic acids is 1. The van der Waals surface area contributed by atoms with E-state index in [-0.39, 0.29) is 17.5 Å². The lowest BCUT2D eigenvalue weighted by Crippen LogP contribution is -2.48. The second-order valence-electron chi connectivity index (χ2n) is 5.95. The van der Waals surface area contributed by atoms with E-state index in [2.05, 4.69) is 4.90 Å². The van der Waals surface area contributed by atoms with Crippen LogP contribution in [-0.4, -0.2) is 42.1 Å². The molecule has 1 saturated heterocycles. The van der Waals surface area contributed by atoms with Crippen molar-refractivity contribution in [3.05, 3.63) is 59.9 Å². The van der Waals surface area contributed by atoms with Crippen LogP contribution in [0.25, 0.3) is 0 Å². The second-order valence-corrected chi connectivity index (χ2v) is 5.95. The van der Waals surface area contributed by atoms with Gasteiger partial charge in [0.1, 0.15) is 11.6 Å². The molecule has 0 spiro atoms. The number of piperazine rings is 1. The molecule has 0 bridgehead atoms. The first-order valence-corrected chi connectivity index (χ1v) is 8.19. The molecule has 2 aromatic rings. The Balaban J connectivity index is 1.52. The van der Waals surface area contributed by atoms with Gasteiger partial charge in [0.2, 0.25) is 5.91 Å². The van der Waals surface area contributed by atoms with E-state index in [0.717, 1.165) is 5.69 Å². The molecule has 0 unspecified atom stereocenters. The molecule has 2 aromatic carbocycles. The highest BCUT2D eigenvalue weighted by Gasteiger charge is 2.22. The average molecular weight is 328 g/mol. The van der Waals surface area contributed by atoms with Gasteiger partial charge in [-0.2, -0.15) is 0 Å². The van der Waals surface area contributed by atoms with Crippen LogP contribution in [0.2, 0.25) is 0 Å². The van der Waals surface area contributed by atoms with Crippen LogP contribution >= 0.6 is 0 Å². The van der Waals surface area contributed by atoms with E-state index in [9.17, 15) is 14.3 Å². The fourth-order valence-corrected chi connectivity index (χ4v) is 3.03. The van der Waals surface area contributed by atoms with Crippen molar-refractivity contribution in [1.29, 1.82) is 0 Å². The lowest BCUT2D eigenvalue weighted by Gasteiger charge is -2.36. The topological polar surface area (TPSA) is 43.8 Å². The molecule has 3 rings (SSSR count). The third-order valence-corrected chi connectivity index (χ3v) is 4.42. The summed E-state index contributed by atoms with van der Waals surface area (Å²) in [5, 5.41) is 9.92. The Hall–Kier alpha value is -2.56. The zero-order chi connectivity index (χ0) is 16.9. The maximum Gasteiger partial charge on any atom is 0.223 e. The monoisotopic (exact) mass is 328 g/mol. The molecule has 0 aliphatic carbocycles. The predicted octanol–water partition coefficient (Wildman–Crippen LogP) is 2.81. The summed E-state index contributed by atoms with van der Waals surface area (Å²) >= 11 is 0. The SMILES string of the molecule is O=C(CCc1ccccc1F)N1CCN(c2ccccc2O)CC1. The first-order chi connectivity index (χ1) is 11.6. The Labute approximate surface area is 141 Å². The Morgan fingerprint density at radius 2 is 1.67 bits per heavy atom. The number of aromatic hydroxyl groups is 1. The summed E-state index contributed by atoms with van der Waals surface area (Å²) in [4.78, 5) is 16.2. The van der Waals surface area contributed by atoms with Crippen molar-refractivity contribution < 1.29 is 14.3 Å². The van der Waals surface area contributed by atoms with Crippen LogP contribution in [0.3, 0.4) is 0 Å². The highest BCUT2D eigenvalue weighted by Crippen LogP contribution is 2.27. The van der Waals surface area contributed by atoms with Gasteiger partial charge in [-0.05, 0) is 30.2 Å². The molecule has 126 valence electrons. The fraction of sp³-hybridized carbons (Fsp3) is 0.316. The number of phenolic OH excluding ortho intramolecular Hbond substituents is 1. The minimum atomic E-state index is -0.255. The van der Waals surface area contributed by atoms with Crippen LogP contribution in [0.4, 0.5) is 10.1 Å². The van der Waals surface area contributed by atoms with Gasteiger partial charge in [0, 0.05) is 32.6 Å². The van der Waals surface area contributed by atoms with Crippen molar-refractivity contribution in [3.63, 3.8) is 0 Å². The molecule has 1 N–H and O–H groups in total. The summed E-state index contributed by atoms with van der Waals surface area (Å²) in [6, 6.07) is 13.8. The second kappa shape index (κ2) is 7.34. The minimum absolute atomic E-state index is 0.0511. The van der Waals surface area contributed by atoms with E-state index < -0.39 is 0 Å². The van der Waals surface area contributed by atoms with Gasteiger partial charge in [0.05, 0.1) is 5.69 Å². The van der Waals surface area contributed by atoms with Gasteiger partial charge in [0.15, 0.2) is 0 Å². The lowest BCUT2D eigenvalue weighted by atomic mass is 10.1. The smallest absolute Gasteiger partial charge is 0.223 e. The normalized spacial score (nSPS) is 14.7. The minimum Gasteiger partial charge on any atom is -0.506 e. The highest BCUT2D eigenvalue weighted by atomic mass is 19.1. The number of para-hydroxylation sites is 2. The summed E-state index contributed by atoms with van der Waals surface area (Å²) in [5.74, 6) is 0.0571. The van der Waals surface area contributed by atoms with Crippen LogP contribution in [0, 0.1) is 5.82 Å². The molecule has 5 heteroatoms.